The van der Waals surface area contributed by atoms with Crippen LogP contribution in [0.2, 0.25) is 0 Å². The van der Waals surface area contributed by atoms with Gasteiger partial charge >= 0.3 is 0 Å². The van der Waals surface area contributed by atoms with Crippen molar-refractivity contribution in [3.8, 4) is 0 Å². The fourth-order valence-corrected chi connectivity index (χ4v) is 2.28. The number of likely N-dealkylation sites (N-methyl/N-ethyl adjacent to an activating group) is 1. The molecule has 0 unspecified atom stereocenters. The first-order valence-corrected chi connectivity index (χ1v) is 7.34. The van der Waals surface area contributed by atoms with Gasteiger partial charge in [0.25, 0.3) is 5.91 Å². The Labute approximate surface area is 123 Å². The van der Waals surface area contributed by atoms with E-state index in [0.29, 0.717) is 0 Å². The normalized spacial score (nSPS) is 13.2. The Morgan fingerprint density at radius 1 is 1.05 bits per heavy atom. The molecular formula is C16H31NO3. The minimum absolute atomic E-state index is 0.118. The number of unbranched alkanes of at least 4 members (excludes halogenated alkanes) is 1. The van der Waals surface area contributed by atoms with Crippen LogP contribution in [0, 0.1) is 5.41 Å². The zero-order valence-corrected chi connectivity index (χ0v) is 14.1. The molecule has 0 fully saturated rings. The first kappa shape index (κ1) is 19.1. The van der Waals surface area contributed by atoms with Crippen LogP contribution in [0.15, 0.2) is 0 Å². The summed E-state index contributed by atoms with van der Waals surface area (Å²) in [4.78, 5) is 22.6. The van der Waals surface area contributed by atoms with E-state index in [9.17, 15) is 9.59 Å². The second kappa shape index (κ2) is 7.21. The molecule has 4 heteroatoms. The molecule has 0 saturated heterocycles. The van der Waals surface area contributed by atoms with E-state index < -0.39 is 5.60 Å². The van der Waals surface area contributed by atoms with Crippen LogP contribution in [0.4, 0.5) is 0 Å². The Kier molecular flexibility index (Phi) is 6.88. The van der Waals surface area contributed by atoms with Crippen molar-refractivity contribution in [2.24, 2.45) is 5.41 Å². The first-order valence-electron chi connectivity index (χ1n) is 7.34. The summed E-state index contributed by atoms with van der Waals surface area (Å²) in [6.07, 6.45) is 4.73. The van der Waals surface area contributed by atoms with Crippen molar-refractivity contribution in [3.05, 3.63) is 0 Å². The summed E-state index contributed by atoms with van der Waals surface area (Å²) in [5, 5.41) is 2.62. The molecule has 0 atom stereocenters. The molecule has 118 valence electrons. The highest BCUT2D eigenvalue weighted by Crippen LogP contribution is 2.27. The van der Waals surface area contributed by atoms with Crippen molar-refractivity contribution in [2.75, 3.05) is 7.05 Å². The molecule has 0 rings (SSSR count). The Bertz CT molecular complexity index is 333. The molecule has 1 amide bonds. The number of ether oxygens (including phenoxy) is 1. The van der Waals surface area contributed by atoms with Crippen molar-refractivity contribution >= 4 is 12.2 Å². The molecule has 0 aromatic heterocycles. The maximum atomic E-state index is 11.7. The molecule has 0 saturated carbocycles. The van der Waals surface area contributed by atoms with Gasteiger partial charge in [0.05, 0.1) is 5.60 Å². The molecule has 0 aliphatic carbocycles. The van der Waals surface area contributed by atoms with Crippen LogP contribution in [0.3, 0.4) is 0 Å². The highest BCUT2D eigenvalue weighted by Gasteiger charge is 2.34. The molecule has 1 N–H and O–H groups in total. The summed E-state index contributed by atoms with van der Waals surface area (Å²) in [5.41, 5.74) is -1.44. The van der Waals surface area contributed by atoms with Crippen molar-refractivity contribution in [2.45, 2.75) is 78.4 Å². The predicted molar refractivity (Wildman–Crippen MR) is 81.6 cm³/mol. The van der Waals surface area contributed by atoms with Gasteiger partial charge in [0, 0.05) is 12.5 Å². The van der Waals surface area contributed by atoms with Gasteiger partial charge in [-0.2, -0.15) is 0 Å². The molecule has 20 heavy (non-hydrogen) atoms. The minimum atomic E-state index is -0.833. The van der Waals surface area contributed by atoms with Crippen molar-refractivity contribution in [1.82, 2.24) is 5.32 Å². The van der Waals surface area contributed by atoms with E-state index in [1.165, 1.54) is 0 Å². The number of hydrogen-bond donors (Lipinski definition) is 1. The fourth-order valence-electron chi connectivity index (χ4n) is 2.28. The minimum Gasteiger partial charge on any atom is -0.360 e. The van der Waals surface area contributed by atoms with Crippen molar-refractivity contribution in [1.29, 1.82) is 0 Å². The van der Waals surface area contributed by atoms with Crippen molar-refractivity contribution < 1.29 is 14.3 Å². The monoisotopic (exact) mass is 285 g/mol. The van der Waals surface area contributed by atoms with E-state index in [1.807, 2.05) is 27.7 Å². The van der Waals surface area contributed by atoms with E-state index in [4.69, 9.17) is 4.74 Å². The summed E-state index contributed by atoms with van der Waals surface area (Å²) in [6, 6.07) is 0. The molecule has 4 nitrogen and oxygen atoms in total. The topological polar surface area (TPSA) is 55.4 Å². The predicted octanol–water partition coefficient (Wildman–Crippen LogP) is 3.09. The Hall–Kier alpha value is -0.900. The number of carbonyl (C=O) groups is 2. The third-order valence-electron chi connectivity index (χ3n) is 3.47. The molecule has 0 aromatic carbocycles. The van der Waals surface area contributed by atoms with E-state index >= 15 is 0 Å². The largest absolute Gasteiger partial charge is 0.360 e. The lowest BCUT2D eigenvalue weighted by atomic mass is 9.87. The van der Waals surface area contributed by atoms with Crippen LogP contribution < -0.4 is 5.32 Å². The van der Waals surface area contributed by atoms with E-state index in [0.717, 1.165) is 32.0 Å². The molecule has 0 spiro atoms. The summed E-state index contributed by atoms with van der Waals surface area (Å²) < 4.78 is 5.95. The standard InChI is InChI=1S/C16H31NO3/c1-14(2,12-18)10-8-9-11-15(3,4)20-16(5,6)13(19)17-7/h12H,8-11H2,1-7H3,(H,17,19). The lowest BCUT2D eigenvalue weighted by Crippen LogP contribution is -2.47. The highest BCUT2D eigenvalue weighted by atomic mass is 16.5. The van der Waals surface area contributed by atoms with Crippen LogP contribution in [0.5, 0.6) is 0 Å². The van der Waals surface area contributed by atoms with Gasteiger partial charge in [0.1, 0.15) is 11.9 Å². The van der Waals surface area contributed by atoms with Gasteiger partial charge in [-0.1, -0.05) is 26.7 Å². The number of aldehydes is 1. The van der Waals surface area contributed by atoms with Gasteiger partial charge in [0.15, 0.2) is 0 Å². The Morgan fingerprint density at radius 2 is 1.55 bits per heavy atom. The first-order chi connectivity index (χ1) is 8.96. The van der Waals surface area contributed by atoms with Gasteiger partial charge < -0.3 is 14.8 Å². The van der Waals surface area contributed by atoms with E-state index in [1.54, 1.807) is 20.9 Å². The average Bonchev–Trinajstić information content (AvgIpc) is 2.32. The zero-order valence-electron chi connectivity index (χ0n) is 14.1. The molecular weight excluding hydrogens is 254 g/mol. The molecule has 0 radical (unpaired) electrons. The number of hydrogen-bond acceptors (Lipinski definition) is 3. The van der Waals surface area contributed by atoms with Crippen LogP contribution in [0.1, 0.15) is 67.2 Å². The van der Waals surface area contributed by atoms with Gasteiger partial charge in [0.2, 0.25) is 0 Å². The van der Waals surface area contributed by atoms with Crippen LogP contribution in [-0.4, -0.2) is 30.4 Å². The van der Waals surface area contributed by atoms with E-state index in [2.05, 4.69) is 5.32 Å². The third kappa shape index (κ3) is 7.04. The fraction of sp³-hybridized carbons (Fsp3) is 0.875. The lowest BCUT2D eigenvalue weighted by Gasteiger charge is -2.35. The van der Waals surface area contributed by atoms with Crippen LogP contribution >= 0.6 is 0 Å². The zero-order chi connectivity index (χ0) is 16.0. The molecule has 0 aliphatic heterocycles. The SMILES string of the molecule is CNC(=O)C(C)(C)OC(C)(C)CCCCC(C)(C)C=O. The second-order valence-electron chi connectivity index (χ2n) is 7.26. The summed E-state index contributed by atoms with van der Waals surface area (Å²) in [6.45, 7) is 11.5. The summed E-state index contributed by atoms with van der Waals surface area (Å²) in [7, 11) is 1.61. The lowest BCUT2D eigenvalue weighted by molar-refractivity contribution is -0.163. The maximum absolute atomic E-state index is 11.7. The van der Waals surface area contributed by atoms with Gasteiger partial charge in [-0.15, -0.1) is 0 Å². The number of amides is 1. The summed E-state index contributed by atoms with van der Waals surface area (Å²) in [5.74, 6) is -0.118. The van der Waals surface area contributed by atoms with Crippen molar-refractivity contribution in [3.63, 3.8) is 0 Å². The van der Waals surface area contributed by atoms with Crippen LogP contribution in [0.25, 0.3) is 0 Å². The molecule has 0 aromatic rings. The number of carbonyl (C=O) groups excluding carboxylic acids is 2. The Balaban J connectivity index is 4.26. The summed E-state index contributed by atoms with van der Waals surface area (Å²) >= 11 is 0. The third-order valence-corrected chi connectivity index (χ3v) is 3.47. The Morgan fingerprint density at radius 3 is 2.00 bits per heavy atom. The molecule has 0 heterocycles. The van der Waals surface area contributed by atoms with Gasteiger partial charge in [-0.25, -0.2) is 0 Å². The number of nitrogens with one attached hydrogen (secondary N) is 1. The second-order valence-corrected chi connectivity index (χ2v) is 7.26. The molecule has 0 aliphatic rings. The smallest absolute Gasteiger partial charge is 0.251 e. The van der Waals surface area contributed by atoms with E-state index in [-0.39, 0.29) is 16.9 Å². The van der Waals surface area contributed by atoms with Gasteiger partial charge in [-0.3, -0.25) is 4.79 Å². The molecule has 0 bridgehead atoms. The number of rotatable bonds is 9. The van der Waals surface area contributed by atoms with Crippen LogP contribution in [-0.2, 0) is 14.3 Å². The highest BCUT2D eigenvalue weighted by molar-refractivity contribution is 5.84. The average molecular weight is 285 g/mol. The van der Waals surface area contributed by atoms with Gasteiger partial charge in [-0.05, 0) is 40.5 Å². The maximum Gasteiger partial charge on any atom is 0.251 e. The quantitative estimate of drug-likeness (QED) is 0.523.